The Balaban J connectivity index is 2.43. The van der Waals surface area contributed by atoms with Crippen LogP contribution in [0.15, 0.2) is 22.7 Å². The summed E-state index contributed by atoms with van der Waals surface area (Å²) in [5.74, 6) is 4.82. The van der Waals surface area contributed by atoms with Crippen LogP contribution in [0.1, 0.15) is 61.9 Å². The summed E-state index contributed by atoms with van der Waals surface area (Å²) in [6, 6.07) is 5.39. The van der Waals surface area contributed by atoms with Crippen molar-refractivity contribution < 1.29 is 9.53 Å². The van der Waals surface area contributed by atoms with Gasteiger partial charge in [-0.05, 0) is 31.0 Å². The highest BCUT2D eigenvalue weighted by Crippen LogP contribution is 2.20. The quantitative estimate of drug-likeness (QED) is 0.305. The third kappa shape index (κ3) is 6.59. The van der Waals surface area contributed by atoms with Crippen molar-refractivity contribution in [3.8, 4) is 0 Å². The molecule has 0 aromatic heterocycles. The maximum atomic E-state index is 11.4. The van der Waals surface area contributed by atoms with Crippen LogP contribution in [0.3, 0.4) is 0 Å². The Bertz CT molecular complexity index is 452. The number of carbonyl (C=O) groups excluding carboxylic acids is 1. The van der Waals surface area contributed by atoms with Crippen LogP contribution in [0.5, 0.6) is 0 Å². The second-order valence-electron chi connectivity index (χ2n) is 5.25. The largest absolute Gasteiger partial charge is 0.374 e. The van der Waals surface area contributed by atoms with Gasteiger partial charge in [-0.3, -0.25) is 10.2 Å². The highest BCUT2D eigenvalue weighted by atomic mass is 79.9. The summed E-state index contributed by atoms with van der Waals surface area (Å²) in [6.45, 7) is 4.86. The Labute approximate surface area is 135 Å². The molecule has 0 aliphatic rings. The lowest BCUT2D eigenvalue weighted by molar-refractivity contribution is 0.0456. The summed E-state index contributed by atoms with van der Waals surface area (Å²) in [7, 11) is 0. The fourth-order valence-corrected chi connectivity index (χ4v) is 2.56. The first-order chi connectivity index (χ1) is 10.1. The number of amides is 1. The Morgan fingerprint density at radius 2 is 2.14 bits per heavy atom. The van der Waals surface area contributed by atoms with Gasteiger partial charge in [0.05, 0.1) is 12.7 Å². The molecule has 0 bridgehead atoms. The van der Waals surface area contributed by atoms with E-state index in [9.17, 15) is 4.79 Å². The molecule has 5 heteroatoms. The van der Waals surface area contributed by atoms with Crippen LogP contribution < -0.4 is 11.3 Å². The lowest BCUT2D eigenvalue weighted by Gasteiger charge is -2.14. The summed E-state index contributed by atoms with van der Waals surface area (Å²) in [4.78, 5) is 11.4. The molecule has 0 saturated carbocycles. The number of hydrazine groups is 1. The van der Waals surface area contributed by atoms with Gasteiger partial charge in [-0.25, -0.2) is 5.84 Å². The monoisotopic (exact) mass is 356 g/mol. The van der Waals surface area contributed by atoms with E-state index in [2.05, 4.69) is 35.2 Å². The average molecular weight is 357 g/mol. The van der Waals surface area contributed by atoms with Crippen molar-refractivity contribution in [3.05, 3.63) is 33.8 Å². The minimum absolute atomic E-state index is 0.251. The van der Waals surface area contributed by atoms with Crippen LogP contribution >= 0.6 is 15.9 Å². The normalized spacial score (nSPS) is 12.2. The number of nitrogens with two attached hydrogens (primary N) is 1. The molecule has 4 nitrogen and oxygen atoms in total. The van der Waals surface area contributed by atoms with Gasteiger partial charge < -0.3 is 4.74 Å². The van der Waals surface area contributed by atoms with Gasteiger partial charge in [0.25, 0.3) is 5.91 Å². The molecule has 1 unspecified atom stereocenters. The zero-order chi connectivity index (χ0) is 15.7. The van der Waals surface area contributed by atoms with Crippen LogP contribution in [-0.2, 0) is 11.3 Å². The lowest BCUT2D eigenvalue weighted by atomic mass is 10.1. The zero-order valence-electron chi connectivity index (χ0n) is 12.8. The van der Waals surface area contributed by atoms with E-state index in [-0.39, 0.29) is 12.0 Å². The van der Waals surface area contributed by atoms with Gasteiger partial charge in [0.2, 0.25) is 0 Å². The van der Waals surface area contributed by atoms with Crippen molar-refractivity contribution in [2.75, 3.05) is 0 Å². The van der Waals surface area contributed by atoms with Crippen molar-refractivity contribution >= 4 is 21.8 Å². The van der Waals surface area contributed by atoms with Crippen LogP contribution in [0.2, 0.25) is 0 Å². The van der Waals surface area contributed by atoms with Gasteiger partial charge in [-0.15, -0.1) is 0 Å². The number of unbranched alkanes of at least 4 members (excludes halogenated alkanes) is 3. The number of halogens is 1. The van der Waals surface area contributed by atoms with E-state index in [0.717, 1.165) is 16.5 Å². The molecule has 0 saturated heterocycles. The highest BCUT2D eigenvalue weighted by Gasteiger charge is 2.09. The standard InChI is InChI=1S/C16H25BrN2O2/c1-3-4-5-6-7-12(2)21-11-14-9-8-13(10-15(14)17)16(20)19-18/h8-10,12H,3-7,11,18H2,1-2H3,(H,19,20). The number of benzene rings is 1. The molecule has 0 aliphatic heterocycles. The average Bonchev–Trinajstić information content (AvgIpc) is 2.49. The number of ether oxygens (including phenoxy) is 1. The first-order valence-corrected chi connectivity index (χ1v) is 8.28. The van der Waals surface area contributed by atoms with Crippen molar-refractivity contribution in [1.82, 2.24) is 5.43 Å². The van der Waals surface area contributed by atoms with Gasteiger partial charge >= 0.3 is 0 Å². The molecule has 3 N–H and O–H groups in total. The van der Waals surface area contributed by atoms with E-state index in [4.69, 9.17) is 10.6 Å². The number of nitrogen functional groups attached to an aromatic ring is 1. The van der Waals surface area contributed by atoms with Crippen LogP contribution in [0.4, 0.5) is 0 Å². The first-order valence-electron chi connectivity index (χ1n) is 7.49. The van der Waals surface area contributed by atoms with Crippen LogP contribution in [-0.4, -0.2) is 12.0 Å². The molecule has 21 heavy (non-hydrogen) atoms. The Morgan fingerprint density at radius 3 is 2.76 bits per heavy atom. The maximum absolute atomic E-state index is 11.4. The fourth-order valence-electron chi connectivity index (χ4n) is 2.06. The predicted octanol–water partition coefficient (Wildman–Crippen LogP) is 3.93. The summed E-state index contributed by atoms with van der Waals surface area (Å²) in [5.41, 5.74) is 3.68. The van der Waals surface area contributed by atoms with Gasteiger partial charge in [0.15, 0.2) is 0 Å². The van der Waals surface area contributed by atoms with E-state index in [0.29, 0.717) is 12.2 Å². The highest BCUT2D eigenvalue weighted by molar-refractivity contribution is 9.10. The Kier molecular flexibility index (Phi) is 8.57. The Morgan fingerprint density at radius 1 is 1.38 bits per heavy atom. The topological polar surface area (TPSA) is 64.3 Å². The van der Waals surface area contributed by atoms with E-state index >= 15 is 0 Å². The zero-order valence-corrected chi connectivity index (χ0v) is 14.4. The molecule has 118 valence electrons. The molecule has 0 spiro atoms. The smallest absolute Gasteiger partial charge is 0.265 e. The third-order valence-corrected chi connectivity index (χ3v) is 4.17. The number of hydrogen-bond acceptors (Lipinski definition) is 3. The Hall–Kier alpha value is -0.910. The predicted molar refractivity (Wildman–Crippen MR) is 88.8 cm³/mol. The van der Waals surface area contributed by atoms with E-state index in [1.165, 1.54) is 25.7 Å². The number of hydrogen-bond donors (Lipinski definition) is 2. The van der Waals surface area contributed by atoms with Gasteiger partial charge in [0.1, 0.15) is 0 Å². The van der Waals surface area contributed by atoms with Crippen LogP contribution in [0, 0.1) is 0 Å². The molecule has 0 radical (unpaired) electrons. The van der Waals surface area contributed by atoms with Gasteiger partial charge in [0, 0.05) is 10.0 Å². The first kappa shape index (κ1) is 18.1. The van der Waals surface area contributed by atoms with Gasteiger partial charge in [-0.1, -0.05) is 54.6 Å². The molecule has 1 rings (SSSR count). The second kappa shape index (κ2) is 9.92. The molecule has 0 heterocycles. The molecule has 1 amide bonds. The number of carbonyl (C=O) groups is 1. The van der Waals surface area contributed by atoms with E-state index < -0.39 is 0 Å². The van der Waals surface area contributed by atoms with E-state index in [1.54, 1.807) is 12.1 Å². The number of nitrogens with one attached hydrogen (secondary N) is 1. The van der Waals surface area contributed by atoms with Gasteiger partial charge in [-0.2, -0.15) is 0 Å². The van der Waals surface area contributed by atoms with E-state index in [1.807, 2.05) is 6.07 Å². The minimum Gasteiger partial charge on any atom is -0.374 e. The minimum atomic E-state index is -0.299. The molecule has 0 fully saturated rings. The molecule has 1 aromatic carbocycles. The molecule has 1 aromatic rings. The number of rotatable bonds is 9. The summed E-state index contributed by atoms with van der Waals surface area (Å²) < 4.78 is 6.72. The summed E-state index contributed by atoms with van der Waals surface area (Å²) >= 11 is 3.47. The third-order valence-electron chi connectivity index (χ3n) is 3.43. The van der Waals surface area contributed by atoms with Crippen molar-refractivity contribution in [2.24, 2.45) is 5.84 Å². The lowest BCUT2D eigenvalue weighted by Crippen LogP contribution is -2.29. The molecule has 1 atom stereocenters. The molecular weight excluding hydrogens is 332 g/mol. The van der Waals surface area contributed by atoms with Crippen molar-refractivity contribution in [3.63, 3.8) is 0 Å². The summed E-state index contributed by atoms with van der Waals surface area (Å²) in [5, 5.41) is 0. The second-order valence-corrected chi connectivity index (χ2v) is 6.10. The fraction of sp³-hybridized carbons (Fsp3) is 0.562. The summed E-state index contributed by atoms with van der Waals surface area (Å²) in [6.07, 6.45) is 6.38. The van der Waals surface area contributed by atoms with Crippen molar-refractivity contribution in [1.29, 1.82) is 0 Å². The van der Waals surface area contributed by atoms with Crippen LogP contribution in [0.25, 0.3) is 0 Å². The van der Waals surface area contributed by atoms with Crippen molar-refractivity contribution in [2.45, 2.75) is 58.7 Å². The maximum Gasteiger partial charge on any atom is 0.265 e. The SMILES string of the molecule is CCCCCCC(C)OCc1ccc(C(=O)NN)cc1Br. The molecule has 0 aliphatic carbocycles. The molecular formula is C16H25BrN2O2.